The van der Waals surface area contributed by atoms with Gasteiger partial charge >= 0.3 is 0 Å². The van der Waals surface area contributed by atoms with Crippen LogP contribution in [0.1, 0.15) is 5.69 Å². The normalized spacial score (nSPS) is 10.9. The molecule has 0 amide bonds. The minimum absolute atomic E-state index is 0.0385. The maximum atomic E-state index is 13.0. The van der Waals surface area contributed by atoms with Gasteiger partial charge < -0.3 is 14.6 Å². The van der Waals surface area contributed by atoms with Crippen molar-refractivity contribution in [3.63, 3.8) is 0 Å². The number of ether oxygens (including phenoxy) is 1. The van der Waals surface area contributed by atoms with Crippen LogP contribution < -0.4 is 15.1 Å². The van der Waals surface area contributed by atoms with Gasteiger partial charge in [0.25, 0.3) is 0 Å². The molecule has 4 nitrogen and oxygen atoms in total. The fraction of sp³-hybridized carbons (Fsp3) is 0.211. The Bertz CT molecular complexity index is 960. The number of methoxy groups -OCH3 is 1. The molecule has 0 saturated carbocycles. The van der Waals surface area contributed by atoms with Crippen molar-refractivity contribution in [2.45, 2.75) is 6.92 Å². The summed E-state index contributed by atoms with van der Waals surface area (Å²) < 4.78 is 5.22. The lowest BCUT2D eigenvalue weighted by Gasteiger charge is -2.14. The predicted octanol–water partition coefficient (Wildman–Crippen LogP) is 4.23. The van der Waals surface area contributed by atoms with Gasteiger partial charge in [0, 0.05) is 42.5 Å². The molecular weight excluding hydrogens is 324 g/mol. The number of nitrogens with one attached hydrogen (secondary N) is 1. The second-order valence-electron chi connectivity index (χ2n) is 5.93. The van der Waals surface area contributed by atoms with Gasteiger partial charge in [-0.25, -0.2) is 0 Å². The number of nitrogens with zero attached hydrogens (tertiary/aromatic N) is 1. The highest BCUT2D eigenvalue weighted by molar-refractivity contribution is 6.32. The topological polar surface area (TPSA) is 45.3 Å². The van der Waals surface area contributed by atoms with Crippen LogP contribution in [0.25, 0.3) is 22.0 Å². The molecule has 5 heteroatoms. The monoisotopic (exact) mass is 342 g/mol. The van der Waals surface area contributed by atoms with E-state index in [4.69, 9.17) is 16.3 Å². The van der Waals surface area contributed by atoms with Crippen molar-refractivity contribution in [3.8, 4) is 16.9 Å². The van der Waals surface area contributed by atoms with Crippen LogP contribution in [0.2, 0.25) is 5.02 Å². The number of halogens is 1. The molecule has 0 unspecified atom stereocenters. The number of H-pyrrole nitrogens is 1. The molecule has 0 aliphatic rings. The average Bonchev–Trinajstić information content (AvgIpc) is 2.55. The van der Waals surface area contributed by atoms with E-state index in [-0.39, 0.29) is 5.43 Å². The number of aryl methyl sites for hydroxylation is 1. The smallest absolute Gasteiger partial charge is 0.197 e. The summed E-state index contributed by atoms with van der Waals surface area (Å²) in [5.74, 6) is 0.544. The second-order valence-corrected chi connectivity index (χ2v) is 6.33. The van der Waals surface area contributed by atoms with Gasteiger partial charge in [0.05, 0.1) is 17.6 Å². The first-order chi connectivity index (χ1) is 11.4. The van der Waals surface area contributed by atoms with Crippen molar-refractivity contribution >= 4 is 28.2 Å². The zero-order valence-electron chi connectivity index (χ0n) is 14.1. The first-order valence-electron chi connectivity index (χ1n) is 7.60. The highest BCUT2D eigenvalue weighted by Crippen LogP contribution is 2.30. The number of rotatable bonds is 3. The molecule has 0 atom stereocenters. The number of aromatic amines is 1. The zero-order chi connectivity index (χ0) is 17.4. The van der Waals surface area contributed by atoms with Crippen LogP contribution in [0, 0.1) is 6.92 Å². The molecule has 1 heterocycles. The summed E-state index contributed by atoms with van der Waals surface area (Å²) in [4.78, 5) is 18.3. The van der Waals surface area contributed by atoms with E-state index in [1.54, 1.807) is 19.2 Å². The maximum absolute atomic E-state index is 13.0. The van der Waals surface area contributed by atoms with Crippen LogP contribution in [-0.2, 0) is 0 Å². The maximum Gasteiger partial charge on any atom is 0.197 e. The highest BCUT2D eigenvalue weighted by Gasteiger charge is 2.14. The van der Waals surface area contributed by atoms with Crippen LogP contribution in [0.15, 0.2) is 41.2 Å². The molecule has 0 fully saturated rings. The van der Waals surface area contributed by atoms with Gasteiger partial charge in [-0.2, -0.15) is 0 Å². The number of pyridine rings is 1. The third kappa shape index (κ3) is 2.74. The number of hydrogen-bond donors (Lipinski definition) is 1. The third-order valence-corrected chi connectivity index (χ3v) is 4.43. The van der Waals surface area contributed by atoms with Crippen LogP contribution in [0.4, 0.5) is 5.69 Å². The summed E-state index contributed by atoms with van der Waals surface area (Å²) in [5, 5.41) is 0.978. The Labute approximate surface area is 145 Å². The number of anilines is 1. The Hall–Kier alpha value is -2.46. The average molecular weight is 343 g/mol. The summed E-state index contributed by atoms with van der Waals surface area (Å²) in [6.07, 6.45) is 0. The SMILES string of the molecule is COc1cc2[nH]c(C)c(-c3ccc(N(C)C)cc3)c(=O)c2cc1Cl. The molecular formula is C19H19ClN2O2. The van der Waals surface area contributed by atoms with Crippen molar-refractivity contribution < 1.29 is 4.74 Å². The first kappa shape index (κ1) is 16.4. The molecule has 0 aliphatic heterocycles. The van der Waals surface area contributed by atoms with E-state index < -0.39 is 0 Å². The Morgan fingerprint density at radius 1 is 1.12 bits per heavy atom. The molecule has 0 aliphatic carbocycles. The quantitative estimate of drug-likeness (QED) is 0.774. The molecule has 124 valence electrons. The summed E-state index contributed by atoms with van der Waals surface area (Å²) >= 11 is 6.19. The van der Waals surface area contributed by atoms with Crippen LogP contribution in [-0.4, -0.2) is 26.2 Å². The van der Waals surface area contributed by atoms with Gasteiger partial charge in [0.15, 0.2) is 5.43 Å². The van der Waals surface area contributed by atoms with Gasteiger partial charge in [-0.15, -0.1) is 0 Å². The number of benzene rings is 2. The third-order valence-electron chi connectivity index (χ3n) is 4.13. The van der Waals surface area contributed by atoms with Crippen LogP contribution in [0.3, 0.4) is 0 Å². The first-order valence-corrected chi connectivity index (χ1v) is 7.98. The lowest BCUT2D eigenvalue weighted by Crippen LogP contribution is -2.11. The van der Waals surface area contributed by atoms with E-state index in [2.05, 4.69) is 4.98 Å². The van der Waals surface area contributed by atoms with Gasteiger partial charge in [-0.1, -0.05) is 23.7 Å². The molecule has 3 rings (SSSR count). The molecule has 1 aromatic heterocycles. The fourth-order valence-corrected chi connectivity index (χ4v) is 3.09. The molecule has 0 bridgehead atoms. The predicted molar refractivity (Wildman–Crippen MR) is 101 cm³/mol. The standard InChI is InChI=1S/C19H19ClN2O2/c1-11-18(12-5-7-13(8-6-12)22(2)3)19(23)14-9-15(20)17(24-4)10-16(14)21-11/h5-10H,1-4H3,(H,21,23). The summed E-state index contributed by atoms with van der Waals surface area (Å²) in [6, 6.07) is 11.3. The number of fused-ring (bicyclic) bond motifs is 1. The lowest BCUT2D eigenvalue weighted by molar-refractivity contribution is 0.415. The minimum Gasteiger partial charge on any atom is -0.495 e. The molecule has 0 saturated heterocycles. The Balaban J connectivity index is 2.23. The molecule has 1 N–H and O–H groups in total. The molecule has 3 aromatic rings. The summed E-state index contributed by atoms with van der Waals surface area (Å²) in [6.45, 7) is 1.90. The van der Waals surface area contributed by atoms with Crippen molar-refractivity contribution in [1.29, 1.82) is 0 Å². The number of aromatic nitrogens is 1. The molecule has 0 radical (unpaired) electrons. The van der Waals surface area contributed by atoms with Crippen LogP contribution in [0.5, 0.6) is 5.75 Å². The fourth-order valence-electron chi connectivity index (χ4n) is 2.84. The van der Waals surface area contributed by atoms with E-state index in [0.29, 0.717) is 27.2 Å². The Kier molecular flexibility index (Phi) is 4.24. The molecule has 2 aromatic carbocycles. The summed E-state index contributed by atoms with van der Waals surface area (Å²) in [5.41, 5.74) is 4.12. The largest absolute Gasteiger partial charge is 0.495 e. The van der Waals surface area contributed by atoms with E-state index in [1.807, 2.05) is 50.2 Å². The van der Waals surface area contributed by atoms with Gasteiger partial charge in [0.1, 0.15) is 5.75 Å². The van der Waals surface area contributed by atoms with Gasteiger partial charge in [0.2, 0.25) is 0 Å². The zero-order valence-corrected chi connectivity index (χ0v) is 14.9. The van der Waals surface area contributed by atoms with E-state index in [9.17, 15) is 4.79 Å². The highest BCUT2D eigenvalue weighted by atomic mass is 35.5. The lowest BCUT2D eigenvalue weighted by atomic mass is 10.0. The molecule has 24 heavy (non-hydrogen) atoms. The Morgan fingerprint density at radius 2 is 1.79 bits per heavy atom. The van der Waals surface area contributed by atoms with Crippen molar-refractivity contribution in [1.82, 2.24) is 4.98 Å². The van der Waals surface area contributed by atoms with Crippen molar-refractivity contribution in [2.24, 2.45) is 0 Å². The van der Waals surface area contributed by atoms with Gasteiger partial charge in [-0.3, -0.25) is 4.79 Å². The van der Waals surface area contributed by atoms with Crippen LogP contribution >= 0.6 is 11.6 Å². The minimum atomic E-state index is -0.0385. The second kappa shape index (κ2) is 6.21. The van der Waals surface area contributed by atoms with Crippen molar-refractivity contribution in [2.75, 3.05) is 26.1 Å². The number of hydrogen-bond acceptors (Lipinski definition) is 3. The van der Waals surface area contributed by atoms with E-state index in [1.165, 1.54) is 0 Å². The summed E-state index contributed by atoms with van der Waals surface area (Å²) in [7, 11) is 5.52. The Morgan fingerprint density at radius 3 is 2.38 bits per heavy atom. The molecule has 0 spiro atoms. The van der Waals surface area contributed by atoms with Gasteiger partial charge in [-0.05, 0) is 30.7 Å². The van der Waals surface area contributed by atoms with E-state index >= 15 is 0 Å². The van der Waals surface area contributed by atoms with E-state index in [0.717, 1.165) is 16.9 Å². The van der Waals surface area contributed by atoms with Crippen molar-refractivity contribution in [3.05, 3.63) is 57.3 Å².